The molecule has 0 bridgehead atoms. The maximum atomic E-state index is 13.3. The van der Waals surface area contributed by atoms with E-state index in [4.69, 9.17) is 0 Å². The smallest absolute Gasteiger partial charge is 0.270 e. The summed E-state index contributed by atoms with van der Waals surface area (Å²) in [6, 6.07) is 13.9. The average molecular weight is 380 g/mol. The number of hydrogen-bond acceptors (Lipinski definition) is 3. The second kappa shape index (κ2) is 8.35. The first-order chi connectivity index (χ1) is 13.3. The molecule has 3 aromatic rings. The maximum absolute atomic E-state index is 13.3. The minimum Gasteiger partial charge on any atom is -0.349 e. The van der Waals surface area contributed by atoms with Gasteiger partial charge in [-0.1, -0.05) is 17.7 Å². The Hall–Kier alpha value is -2.99. The third-order valence-corrected chi connectivity index (χ3v) is 4.51. The highest BCUT2D eigenvalue weighted by atomic mass is 19.1. The topological polar surface area (TPSA) is 50.2 Å². The van der Waals surface area contributed by atoms with Crippen molar-refractivity contribution in [1.82, 2.24) is 20.0 Å². The van der Waals surface area contributed by atoms with E-state index in [0.717, 1.165) is 28.9 Å². The number of nitrogens with one attached hydrogen (secondary N) is 1. The molecule has 0 saturated carbocycles. The molecule has 0 saturated heterocycles. The Kier molecular flexibility index (Phi) is 5.90. The molecule has 0 aliphatic heterocycles. The lowest BCUT2D eigenvalue weighted by atomic mass is 10.1. The quantitative estimate of drug-likeness (QED) is 0.711. The molecular formula is C22H25FN4O. The Morgan fingerprint density at radius 2 is 1.82 bits per heavy atom. The summed E-state index contributed by atoms with van der Waals surface area (Å²) >= 11 is 0. The molecule has 0 atom stereocenters. The highest BCUT2D eigenvalue weighted by Crippen LogP contribution is 2.24. The molecule has 0 radical (unpaired) electrons. The van der Waals surface area contributed by atoms with Crippen LogP contribution >= 0.6 is 0 Å². The Balaban J connectivity index is 2.02. The SMILES string of the molecule is Cc1ccc(-n2nc(-c3ccc(F)cc3)cc2C(=O)NCCN(C)C)c(C)c1. The van der Waals surface area contributed by atoms with E-state index in [2.05, 4.69) is 16.5 Å². The third kappa shape index (κ3) is 4.46. The molecule has 3 rings (SSSR count). The molecule has 5 nitrogen and oxygen atoms in total. The normalized spacial score (nSPS) is 11.1. The molecule has 0 fully saturated rings. The van der Waals surface area contributed by atoms with Gasteiger partial charge in [0.15, 0.2) is 0 Å². The van der Waals surface area contributed by atoms with Crippen LogP contribution in [0.1, 0.15) is 21.6 Å². The van der Waals surface area contributed by atoms with Crippen molar-refractivity contribution in [2.24, 2.45) is 0 Å². The molecule has 0 aliphatic carbocycles. The van der Waals surface area contributed by atoms with Crippen LogP contribution in [-0.2, 0) is 0 Å². The summed E-state index contributed by atoms with van der Waals surface area (Å²) in [5.41, 5.74) is 4.84. The zero-order valence-corrected chi connectivity index (χ0v) is 16.7. The number of aryl methyl sites for hydroxylation is 2. The van der Waals surface area contributed by atoms with E-state index in [1.54, 1.807) is 22.9 Å². The van der Waals surface area contributed by atoms with Crippen molar-refractivity contribution in [2.45, 2.75) is 13.8 Å². The minimum absolute atomic E-state index is 0.192. The van der Waals surface area contributed by atoms with Gasteiger partial charge in [0, 0.05) is 18.7 Å². The van der Waals surface area contributed by atoms with E-state index in [0.29, 0.717) is 17.9 Å². The highest BCUT2D eigenvalue weighted by molar-refractivity contribution is 5.94. The Bertz CT molecular complexity index is 977. The highest BCUT2D eigenvalue weighted by Gasteiger charge is 2.18. The third-order valence-electron chi connectivity index (χ3n) is 4.51. The molecule has 1 amide bonds. The van der Waals surface area contributed by atoms with Gasteiger partial charge in [-0.05, 0) is 69.9 Å². The van der Waals surface area contributed by atoms with Crippen molar-refractivity contribution in [2.75, 3.05) is 27.2 Å². The van der Waals surface area contributed by atoms with Crippen molar-refractivity contribution >= 4 is 5.91 Å². The molecule has 1 N–H and O–H groups in total. The molecule has 28 heavy (non-hydrogen) atoms. The average Bonchev–Trinajstić information content (AvgIpc) is 3.07. The summed E-state index contributed by atoms with van der Waals surface area (Å²) in [5, 5.41) is 7.60. The summed E-state index contributed by atoms with van der Waals surface area (Å²) in [6.45, 7) is 5.30. The fraction of sp³-hybridized carbons (Fsp3) is 0.273. The van der Waals surface area contributed by atoms with Crippen LogP contribution in [0.25, 0.3) is 16.9 Å². The van der Waals surface area contributed by atoms with Gasteiger partial charge < -0.3 is 10.2 Å². The number of benzene rings is 2. The lowest BCUT2D eigenvalue weighted by Gasteiger charge is -2.13. The summed E-state index contributed by atoms with van der Waals surface area (Å²) < 4.78 is 14.9. The molecule has 0 unspecified atom stereocenters. The van der Waals surface area contributed by atoms with Crippen molar-refractivity contribution in [3.8, 4) is 16.9 Å². The largest absolute Gasteiger partial charge is 0.349 e. The standard InChI is InChI=1S/C22H25FN4O/c1-15-5-10-20(16(2)13-15)27-21(22(28)24-11-12-26(3)4)14-19(25-27)17-6-8-18(23)9-7-17/h5-10,13-14H,11-12H2,1-4H3,(H,24,28). The predicted octanol–water partition coefficient (Wildman–Crippen LogP) is 3.59. The molecule has 6 heteroatoms. The molecule has 0 aliphatic rings. The van der Waals surface area contributed by atoms with Gasteiger partial charge in [-0.3, -0.25) is 4.79 Å². The number of halogens is 1. The van der Waals surface area contributed by atoms with Crippen molar-refractivity contribution in [3.63, 3.8) is 0 Å². The van der Waals surface area contributed by atoms with Crippen LogP contribution in [0.2, 0.25) is 0 Å². The number of rotatable bonds is 6. The van der Waals surface area contributed by atoms with Crippen molar-refractivity contribution in [1.29, 1.82) is 0 Å². The van der Waals surface area contributed by atoms with E-state index in [-0.39, 0.29) is 11.7 Å². The predicted molar refractivity (Wildman–Crippen MR) is 109 cm³/mol. The molecule has 1 heterocycles. The second-order valence-electron chi connectivity index (χ2n) is 7.18. The first-order valence-electron chi connectivity index (χ1n) is 9.21. The summed E-state index contributed by atoms with van der Waals surface area (Å²) in [4.78, 5) is 14.9. The van der Waals surface area contributed by atoms with Crippen LogP contribution in [0, 0.1) is 19.7 Å². The maximum Gasteiger partial charge on any atom is 0.270 e. The Morgan fingerprint density at radius 3 is 2.46 bits per heavy atom. The van der Waals surface area contributed by atoms with E-state index < -0.39 is 0 Å². The molecule has 2 aromatic carbocycles. The van der Waals surface area contributed by atoms with Gasteiger partial charge in [-0.2, -0.15) is 5.10 Å². The van der Waals surface area contributed by atoms with Crippen LogP contribution in [0.15, 0.2) is 48.5 Å². The lowest BCUT2D eigenvalue weighted by Crippen LogP contribution is -2.32. The minimum atomic E-state index is -0.306. The number of likely N-dealkylation sites (N-methyl/N-ethyl adjacent to an activating group) is 1. The fourth-order valence-corrected chi connectivity index (χ4v) is 3.01. The summed E-state index contributed by atoms with van der Waals surface area (Å²) in [7, 11) is 3.91. The van der Waals surface area contributed by atoms with Gasteiger partial charge >= 0.3 is 0 Å². The van der Waals surface area contributed by atoms with Crippen LogP contribution in [-0.4, -0.2) is 47.8 Å². The van der Waals surface area contributed by atoms with Gasteiger partial charge in [-0.25, -0.2) is 9.07 Å². The van der Waals surface area contributed by atoms with Gasteiger partial charge in [0.25, 0.3) is 5.91 Å². The first kappa shape index (κ1) is 19.8. The number of aromatic nitrogens is 2. The van der Waals surface area contributed by atoms with Crippen LogP contribution in [0.4, 0.5) is 4.39 Å². The number of hydrogen-bond donors (Lipinski definition) is 1. The lowest BCUT2D eigenvalue weighted by molar-refractivity contribution is 0.0943. The zero-order valence-electron chi connectivity index (χ0n) is 16.7. The number of carbonyl (C=O) groups is 1. The van der Waals surface area contributed by atoms with Crippen LogP contribution in [0.5, 0.6) is 0 Å². The first-order valence-corrected chi connectivity index (χ1v) is 9.21. The van der Waals surface area contributed by atoms with Gasteiger partial charge in [0.2, 0.25) is 0 Å². The summed E-state index contributed by atoms with van der Waals surface area (Å²) in [5.74, 6) is -0.498. The Labute approximate surface area is 164 Å². The van der Waals surface area contributed by atoms with Crippen LogP contribution < -0.4 is 5.32 Å². The monoisotopic (exact) mass is 380 g/mol. The number of amides is 1. The molecular weight excluding hydrogens is 355 g/mol. The van der Waals surface area contributed by atoms with E-state index in [9.17, 15) is 9.18 Å². The molecule has 0 spiro atoms. The van der Waals surface area contributed by atoms with E-state index in [1.165, 1.54) is 12.1 Å². The Morgan fingerprint density at radius 1 is 1.11 bits per heavy atom. The zero-order chi connectivity index (χ0) is 20.3. The van der Waals surface area contributed by atoms with Gasteiger partial charge in [0.05, 0.1) is 11.4 Å². The van der Waals surface area contributed by atoms with E-state index in [1.807, 2.05) is 45.0 Å². The second-order valence-corrected chi connectivity index (χ2v) is 7.18. The fourth-order valence-electron chi connectivity index (χ4n) is 3.01. The van der Waals surface area contributed by atoms with Crippen molar-refractivity contribution in [3.05, 3.63) is 71.2 Å². The van der Waals surface area contributed by atoms with Crippen LogP contribution in [0.3, 0.4) is 0 Å². The van der Waals surface area contributed by atoms with E-state index >= 15 is 0 Å². The van der Waals surface area contributed by atoms with Gasteiger partial charge in [0.1, 0.15) is 11.5 Å². The van der Waals surface area contributed by atoms with Crippen molar-refractivity contribution < 1.29 is 9.18 Å². The number of nitrogens with zero attached hydrogens (tertiary/aromatic N) is 3. The summed E-state index contributed by atoms with van der Waals surface area (Å²) in [6.07, 6.45) is 0. The molecule has 146 valence electrons. The van der Waals surface area contributed by atoms with Gasteiger partial charge in [-0.15, -0.1) is 0 Å². The molecule has 1 aromatic heterocycles. The number of carbonyl (C=O) groups excluding carboxylic acids is 1.